The third-order valence-corrected chi connectivity index (χ3v) is 10.6. The molecule has 3 aromatic heterocycles. The average Bonchev–Trinajstić information content (AvgIpc) is 3.97. The van der Waals surface area contributed by atoms with E-state index >= 15 is 0 Å². The number of nitrogens with one attached hydrogen (secondary N) is 2. The second-order valence-electron chi connectivity index (χ2n) is 16.2. The first-order valence-corrected chi connectivity index (χ1v) is 21.8. The number of H-pyrrole nitrogens is 2. The van der Waals surface area contributed by atoms with Crippen LogP contribution in [0.4, 0.5) is 0 Å². The van der Waals surface area contributed by atoms with Crippen molar-refractivity contribution in [1.82, 2.24) is 19.9 Å². The molecule has 0 aromatic carbocycles. The fraction of sp³-hybridized carbons (Fsp3) is 0.583. The molecule has 0 aliphatic carbocycles. The van der Waals surface area contributed by atoms with Crippen LogP contribution in [0.25, 0.3) is 46.4 Å². The maximum atomic E-state index is 6.72. The van der Waals surface area contributed by atoms with Crippen molar-refractivity contribution in [1.29, 1.82) is 0 Å². The largest absolute Gasteiger partial charge is 0.371 e. The summed E-state index contributed by atoms with van der Waals surface area (Å²) in [4.78, 5) is 17.9. The van der Waals surface area contributed by atoms with Gasteiger partial charge in [-0.05, 0) is 101 Å². The smallest absolute Gasteiger partial charge is 0.0870 e. The lowest BCUT2D eigenvalue weighted by Gasteiger charge is -2.22. The van der Waals surface area contributed by atoms with E-state index in [1.807, 2.05) is 0 Å². The quantitative estimate of drug-likeness (QED) is 0.0619. The second kappa shape index (κ2) is 22.2. The first kappa shape index (κ1) is 41.7. The molecule has 3 aromatic rings. The summed E-state index contributed by atoms with van der Waals surface area (Å²) in [5.41, 5.74) is 10.2. The predicted molar refractivity (Wildman–Crippen MR) is 231 cm³/mol. The van der Waals surface area contributed by atoms with Crippen LogP contribution in [0.1, 0.15) is 203 Å². The highest BCUT2D eigenvalue weighted by atomic mass is 16.5. The summed E-state index contributed by atoms with van der Waals surface area (Å²) in [6.45, 7) is 13.1. The van der Waals surface area contributed by atoms with Crippen molar-refractivity contribution < 1.29 is 9.47 Å². The van der Waals surface area contributed by atoms with E-state index in [9.17, 15) is 0 Å². The molecule has 0 amide bonds. The van der Waals surface area contributed by atoms with Crippen molar-refractivity contribution in [2.75, 3.05) is 0 Å². The van der Waals surface area contributed by atoms with Crippen LogP contribution in [0.15, 0.2) is 36.4 Å². The molecule has 0 fully saturated rings. The van der Waals surface area contributed by atoms with Crippen LogP contribution in [0.2, 0.25) is 0 Å². The SMILES string of the molecule is CCCCCCCCCCC(OC(C)C)c1c2nc(cc3ccc([nH]3)c(C(CCCCCCCCCC)OC(C)C)c3ccc(cc4nc1C=C4)[nH]3)C=C2. The first-order chi connectivity index (χ1) is 26.3. The number of aromatic nitrogens is 4. The summed E-state index contributed by atoms with van der Waals surface area (Å²) in [5.74, 6) is 0. The van der Waals surface area contributed by atoms with E-state index in [1.54, 1.807) is 0 Å². The number of hydrogen-bond donors (Lipinski definition) is 2. The minimum absolute atomic E-state index is 0.0367. The highest BCUT2D eigenvalue weighted by Crippen LogP contribution is 2.35. The van der Waals surface area contributed by atoms with Crippen LogP contribution in [-0.4, -0.2) is 32.1 Å². The monoisotopic (exact) mass is 735 g/mol. The number of aromatic amines is 2. The maximum Gasteiger partial charge on any atom is 0.0870 e. The summed E-state index contributed by atoms with van der Waals surface area (Å²) in [7, 11) is 0. The lowest BCUT2D eigenvalue weighted by atomic mass is 9.98. The molecule has 6 heteroatoms. The summed E-state index contributed by atoms with van der Waals surface area (Å²) in [6, 6.07) is 13.1. The van der Waals surface area contributed by atoms with E-state index in [-0.39, 0.29) is 24.4 Å². The van der Waals surface area contributed by atoms with Gasteiger partial charge in [0.15, 0.2) is 0 Å². The number of nitrogens with zero attached hydrogens (tertiary/aromatic N) is 2. The van der Waals surface area contributed by atoms with Gasteiger partial charge in [-0.1, -0.05) is 117 Å². The molecule has 5 heterocycles. The molecular formula is C48H70N4O2. The molecule has 54 heavy (non-hydrogen) atoms. The first-order valence-electron chi connectivity index (χ1n) is 21.8. The van der Waals surface area contributed by atoms with Crippen LogP contribution in [0.5, 0.6) is 0 Å². The van der Waals surface area contributed by atoms with Crippen LogP contribution in [0.3, 0.4) is 0 Å². The minimum atomic E-state index is -0.0836. The Hall–Kier alpha value is -3.48. The van der Waals surface area contributed by atoms with Gasteiger partial charge in [-0.25, -0.2) is 9.97 Å². The predicted octanol–water partition coefficient (Wildman–Crippen LogP) is 14.6. The maximum absolute atomic E-state index is 6.72. The van der Waals surface area contributed by atoms with Gasteiger partial charge in [0.25, 0.3) is 0 Å². The van der Waals surface area contributed by atoms with Crippen molar-refractivity contribution in [2.24, 2.45) is 0 Å². The molecule has 8 bridgehead atoms. The second-order valence-corrected chi connectivity index (χ2v) is 16.2. The summed E-state index contributed by atoms with van der Waals surface area (Å²) < 4.78 is 13.4. The van der Waals surface area contributed by atoms with E-state index in [0.717, 1.165) is 76.1 Å². The fourth-order valence-electron chi connectivity index (χ4n) is 7.94. The zero-order valence-electron chi connectivity index (χ0n) is 34.5. The van der Waals surface area contributed by atoms with Gasteiger partial charge in [-0.3, -0.25) is 0 Å². The van der Waals surface area contributed by atoms with Crippen molar-refractivity contribution >= 4 is 46.4 Å². The molecule has 5 rings (SSSR count). The van der Waals surface area contributed by atoms with Crippen LogP contribution >= 0.6 is 0 Å². The van der Waals surface area contributed by atoms with E-state index in [0.29, 0.717) is 0 Å². The molecule has 294 valence electrons. The average molecular weight is 735 g/mol. The highest BCUT2D eigenvalue weighted by Gasteiger charge is 2.23. The zero-order chi connectivity index (χ0) is 38.1. The Morgan fingerprint density at radius 1 is 0.481 bits per heavy atom. The summed E-state index contributed by atoms with van der Waals surface area (Å²) >= 11 is 0. The zero-order valence-corrected chi connectivity index (χ0v) is 34.5. The van der Waals surface area contributed by atoms with Crippen LogP contribution in [0, 0.1) is 0 Å². The van der Waals surface area contributed by atoms with Gasteiger partial charge in [0.05, 0.1) is 47.2 Å². The molecule has 0 radical (unpaired) electrons. The van der Waals surface area contributed by atoms with E-state index in [4.69, 9.17) is 19.4 Å². The Balaban J connectivity index is 1.50. The molecule has 0 spiro atoms. The van der Waals surface area contributed by atoms with E-state index < -0.39 is 0 Å². The van der Waals surface area contributed by atoms with Gasteiger partial charge in [-0.15, -0.1) is 0 Å². The van der Waals surface area contributed by atoms with Gasteiger partial charge in [-0.2, -0.15) is 0 Å². The topological polar surface area (TPSA) is 75.8 Å². The molecular weight excluding hydrogens is 665 g/mol. The van der Waals surface area contributed by atoms with E-state index in [2.05, 4.69) is 112 Å². The lowest BCUT2D eigenvalue weighted by Crippen LogP contribution is -2.13. The number of hydrogen-bond acceptors (Lipinski definition) is 4. The van der Waals surface area contributed by atoms with Gasteiger partial charge >= 0.3 is 0 Å². The molecule has 0 saturated carbocycles. The van der Waals surface area contributed by atoms with Crippen LogP contribution < -0.4 is 0 Å². The van der Waals surface area contributed by atoms with Crippen molar-refractivity contribution in [3.05, 3.63) is 70.3 Å². The standard InChI is InChI=1S/C48H70N4O2/c1-7-9-11-13-15-17-19-21-23-45(53-35(3)4)47-41-29-25-37(49-41)33-39-27-31-43(51-39)48(44-32-28-40(52-44)34-38-26-30-42(47)50-38)46(54-36(5)6)24-22-20-18-16-14-12-10-8-2/h25-36,45-46,49-50H,7-24H2,1-6H3. The molecule has 2 atom stereocenters. The molecule has 2 aliphatic rings. The van der Waals surface area contributed by atoms with Gasteiger partial charge < -0.3 is 19.4 Å². The number of fused-ring (bicyclic) bond motifs is 8. The molecule has 2 aliphatic heterocycles. The molecule has 2 unspecified atom stereocenters. The Kier molecular flexibility index (Phi) is 17.1. The Bertz CT molecular complexity index is 1700. The minimum Gasteiger partial charge on any atom is -0.371 e. The third kappa shape index (κ3) is 12.8. The number of unbranched alkanes of at least 4 members (excludes halogenated alkanes) is 14. The Labute approximate surface area is 326 Å². The molecule has 6 nitrogen and oxygen atoms in total. The van der Waals surface area contributed by atoms with Crippen LogP contribution in [-0.2, 0) is 9.47 Å². The number of rotatable bonds is 24. The third-order valence-electron chi connectivity index (χ3n) is 10.6. The number of ether oxygens (including phenoxy) is 2. The van der Waals surface area contributed by atoms with Crippen molar-refractivity contribution in [3.8, 4) is 0 Å². The van der Waals surface area contributed by atoms with Gasteiger partial charge in [0.1, 0.15) is 0 Å². The van der Waals surface area contributed by atoms with E-state index in [1.165, 1.54) is 95.5 Å². The highest BCUT2D eigenvalue weighted by molar-refractivity contribution is 5.81. The Morgan fingerprint density at radius 3 is 1.28 bits per heavy atom. The summed E-state index contributed by atoms with van der Waals surface area (Å²) in [6.07, 6.45) is 31.3. The van der Waals surface area contributed by atoms with Crippen molar-refractivity contribution in [3.63, 3.8) is 0 Å². The van der Waals surface area contributed by atoms with Gasteiger partial charge in [0.2, 0.25) is 0 Å². The lowest BCUT2D eigenvalue weighted by molar-refractivity contribution is -0.000180. The van der Waals surface area contributed by atoms with Crippen molar-refractivity contribution in [2.45, 2.75) is 182 Å². The van der Waals surface area contributed by atoms with Gasteiger partial charge in [0, 0.05) is 33.2 Å². The molecule has 0 saturated heterocycles. The fourth-order valence-corrected chi connectivity index (χ4v) is 7.94. The Morgan fingerprint density at radius 2 is 0.870 bits per heavy atom. The summed E-state index contributed by atoms with van der Waals surface area (Å²) in [5, 5.41) is 0. The normalized spacial score (nSPS) is 13.8. The molecule has 2 N–H and O–H groups in total.